The molecule has 1 saturated carbocycles. The summed E-state index contributed by atoms with van der Waals surface area (Å²) in [6.07, 6.45) is 1.55. The fourth-order valence-corrected chi connectivity index (χ4v) is 1.33. The lowest BCUT2D eigenvalue weighted by Gasteiger charge is -2.09. The highest BCUT2D eigenvalue weighted by atomic mass is 16.2. The predicted octanol–water partition coefficient (Wildman–Crippen LogP) is 0.158. The summed E-state index contributed by atoms with van der Waals surface area (Å²) in [6.45, 7) is 1.88. The summed E-state index contributed by atoms with van der Waals surface area (Å²) >= 11 is 0. The maximum atomic E-state index is 11.6. The highest BCUT2D eigenvalue weighted by molar-refractivity contribution is 5.99. The van der Waals surface area contributed by atoms with Crippen molar-refractivity contribution in [2.75, 3.05) is 5.32 Å². The van der Waals surface area contributed by atoms with Crippen LogP contribution >= 0.6 is 0 Å². The van der Waals surface area contributed by atoms with Gasteiger partial charge in [-0.1, -0.05) is 0 Å². The number of aryl methyl sites for hydroxylation is 2. The van der Waals surface area contributed by atoms with Crippen molar-refractivity contribution in [3.63, 3.8) is 0 Å². The quantitative estimate of drug-likeness (QED) is 0.704. The second-order valence-corrected chi connectivity index (χ2v) is 3.90. The van der Waals surface area contributed by atoms with Crippen molar-refractivity contribution >= 4 is 11.7 Å². The number of nitrogens with zero attached hydrogens (tertiary/aromatic N) is 2. The van der Waals surface area contributed by atoms with Crippen LogP contribution in [0.1, 0.15) is 18.5 Å². The molecule has 14 heavy (non-hydrogen) atoms. The zero-order chi connectivity index (χ0) is 10.3. The smallest absolute Gasteiger partial charge is 0.245 e. The number of carbonyl (C=O) groups excluding carboxylic acids is 1. The van der Waals surface area contributed by atoms with E-state index in [-0.39, 0.29) is 5.91 Å². The van der Waals surface area contributed by atoms with Gasteiger partial charge in [0.25, 0.3) is 0 Å². The van der Waals surface area contributed by atoms with Gasteiger partial charge in [0.1, 0.15) is 5.82 Å². The summed E-state index contributed by atoms with van der Waals surface area (Å²) in [5.41, 5.74) is 6.01. The molecular weight excluding hydrogens is 180 g/mol. The molecule has 1 amide bonds. The van der Waals surface area contributed by atoms with Crippen molar-refractivity contribution in [2.24, 2.45) is 12.8 Å². The van der Waals surface area contributed by atoms with E-state index in [9.17, 15) is 4.79 Å². The Hall–Kier alpha value is -1.36. The maximum absolute atomic E-state index is 11.6. The average molecular weight is 194 g/mol. The monoisotopic (exact) mass is 194 g/mol. The number of nitrogens with one attached hydrogen (secondary N) is 1. The first-order chi connectivity index (χ1) is 6.51. The van der Waals surface area contributed by atoms with Gasteiger partial charge in [0, 0.05) is 13.1 Å². The molecule has 5 heteroatoms. The molecule has 5 nitrogen and oxygen atoms in total. The molecular formula is C9H14N4O. The summed E-state index contributed by atoms with van der Waals surface area (Å²) in [7, 11) is 1.79. The van der Waals surface area contributed by atoms with Gasteiger partial charge in [0.2, 0.25) is 5.91 Å². The fourth-order valence-electron chi connectivity index (χ4n) is 1.33. The summed E-state index contributed by atoms with van der Waals surface area (Å²) in [6, 6.07) is 1.82. The number of hydrogen-bond donors (Lipinski definition) is 2. The van der Waals surface area contributed by atoms with Crippen LogP contribution in [0.2, 0.25) is 0 Å². The van der Waals surface area contributed by atoms with E-state index >= 15 is 0 Å². The molecule has 0 bridgehead atoms. The maximum Gasteiger partial charge on any atom is 0.245 e. The number of nitrogens with two attached hydrogens (primary N) is 1. The van der Waals surface area contributed by atoms with E-state index < -0.39 is 5.54 Å². The topological polar surface area (TPSA) is 72.9 Å². The Kier molecular flexibility index (Phi) is 1.85. The van der Waals surface area contributed by atoms with Gasteiger partial charge < -0.3 is 11.1 Å². The zero-order valence-electron chi connectivity index (χ0n) is 8.37. The van der Waals surface area contributed by atoms with Gasteiger partial charge in [0.15, 0.2) is 0 Å². The number of rotatable bonds is 2. The summed E-state index contributed by atoms with van der Waals surface area (Å²) < 4.78 is 1.64. The molecule has 2 rings (SSSR count). The molecule has 3 N–H and O–H groups in total. The van der Waals surface area contributed by atoms with Crippen LogP contribution in [0.4, 0.5) is 5.82 Å². The predicted molar refractivity (Wildman–Crippen MR) is 52.7 cm³/mol. The Morgan fingerprint density at radius 2 is 2.36 bits per heavy atom. The third-order valence-corrected chi connectivity index (χ3v) is 2.48. The average Bonchev–Trinajstić information content (AvgIpc) is 2.76. The number of amides is 1. The lowest BCUT2D eigenvalue weighted by molar-refractivity contribution is -0.118. The Labute approximate surface area is 82.3 Å². The Bertz CT molecular complexity index is 378. The summed E-state index contributed by atoms with van der Waals surface area (Å²) in [5, 5.41) is 6.90. The van der Waals surface area contributed by atoms with E-state index in [0.717, 1.165) is 18.5 Å². The van der Waals surface area contributed by atoms with Gasteiger partial charge in [-0.15, -0.1) is 0 Å². The van der Waals surface area contributed by atoms with Crippen molar-refractivity contribution in [1.82, 2.24) is 9.78 Å². The van der Waals surface area contributed by atoms with Crippen LogP contribution < -0.4 is 11.1 Å². The third-order valence-electron chi connectivity index (χ3n) is 2.48. The van der Waals surface area contributed by atoms with E-state index in [2.05, 4.69) is 10.4 Å². The number of aromatic nitrogens is 2. The Balaban J connectivity index is 2.11. The van der Waals surface area contributed by atoms with Crippen LogP contribution in [-0.4, -0.2) is 21.2 Å². The third kappa shape index (κ3) is 1.50. The Morgan fingerprint density at radius 1 is 1.71 bits per heavy atom. The van der Waals surface area contributed by atoms with Crippen LogP contribution in [0.3, 0.4) is 0 Å². The zero-order valence-corrected chi connectivity index (χ0v) is 8.37. The molecule has 0 radical (unpaired) electrons. The van der Waals surface area contributed by atoms with E-state index in [0.29, 0.717) is 5.82 Å². The highest BCUT2D eigenvalue weighted by Gasteiger charge is 2.46. The van der Waals surface area contributed by atoms with E-state index in [1.54, 1.807) is 11.7 Å². The number of carbonyl (C=O) groups is 1. The summed E-state index contributed by atoms with van der Waals surface area (Å²) in [5.74, 6) is 0.588. The largest absolute Gasteiger partial charge is 0.317 e. The SMILES string of the molecule is Cc1cc(NC(=O)C2(N)CC2)n(C)n1. The van der Waals surface area contributed by atoms with Gasteiger partial charge in [-0.05, 0) is 19.8 Å². The molecule has 0 aromatic carbocycles. The van der Waals surface area contributed by atoms with Gasteiger partial charge in [0.05, 0.1) is 11.2 Å². The molecule has 1 aliphatic carbocycles. The van der Waals surface area contributed by atoms with Gasteiger partial charge >= 0.3 is 0 Å². The normalized spacial score (nSPS) is 17.9. The first-order valence-corrected chi connectivity index (χ1v) is 4.62. The van der Waals surface area contributed by atoms with Gasteiger partial charge in [-0.3, -0.25) is 9.48 Å². The number of hydrogen-bond acceptors (Lipinski definition) is 3. The van der Waals surface area contributed by atoms with Crippen molar-refractivity contribution in [2.45, 2.75) is 25.3 Å². The van der Waals surface area contributed by atoms with Gasteiger partial charge in [-0.2, -0.15) is 5.10 Å². The fraction of sp³-hybridized carbons (Fsp3) is 0.556. The second-order valence-electron chi connectivity index (χ2n) is 3.90. The standard InChI is InChI=1S/C9H14N4O/c1-6-5-7(13(2)12-6)11-8(14)9(10)3-4-9/h5H,3-4,10H2,1-2H3,(H,11,14). The lowest BCUT2D eigenvalue weighted by Crippen LogP contribution is -2.38. The van der Waals surface area contributed by atoms with Crippen LogP contribution in [0, 0.1) is 6.92 Å². The van der Waals surface area contributed by atoms with Crippen molar-refractivity contribution in [1.29, 1.82) is 0 Å². The molecule has 1 heterocycles. The number of anilines is 1. The minimum Gasteiger partial charge on any atom is -0.317 e. The van der Waals surface area contributed by atoms with Crippen LogP contribution in [0.25, 0.3) is 0 Å². The van der Waals surface area contributed by atoms with Crippen molar-refractivity contribution in [3.8, 4) is 0 Å². The molecule has 0 spiro atoms. The second kappa shape index (κ2) is 2.81. The van der Waals surface area contributed by atoms with Crippen molar-refractivity contribution in [3.05, 3.63) is 11.8 Å². The first kappa shape index (κ1) is 9.21. The van der Waals surface area contributed by atoms with E-state index in [1.165, 1.54) is 0 Å². The molecule has 0 unspecified atom stereocenters. The molecule has 76 valence electrons. The molecule has 1 aliphatic rings. The van der Waals surface area contributed by atoms with Crippen LogP contribution in [-0.2, 0) is 11.8 Å². The molecule has 1 aromatic heterocycles. The molecule has 0 saturated heterocycles. The summed E-state index contributed by atoms with van der Waals surface area (Å²) in [4.78, 5) is 11.6. The molecule has 0 aliphatic heterocycles. The Morgan fingerprint density at radius 3 is 2.79 bits per heavy atom. The van der Waals surface area contributed by atoms with Crippen LogP contribution in [0.15, 0.2) is 6.07 Å². The minimum absolute atomic E-state index is 0.111. The van der Waals surface area contributed by atoms with Gasteiger partial charge in [-0.25, -0.2) is 0 Å². The highest BCUT2D eigenvalue weighted by Crippen LogP contribution is 2.33. The molecule has 1 fully saturated rings. The van der Waals surface area contributed by atoms with Crippen molar-refractivity contribution < 1.29 is 4.79 Å². The van der Waals surface area contributed by atoms with Crippen LogP contribution in [0.5, 0.6) is 0 Å². The molecule has 1 aromatic rings. The van der Waals surface area contributed by atoms with E-state index in [1.807, 2.05) is 13.0 Å². The van der Waals surface area contributed by atoms with E-state index in [4.69, 9.17) is 5.73 Å². The molecule has 0 atom stereocenters. The first-order valence-electron chi connectivity index (χ1n) is 4.62. The lowest BCUT2D eigenvalue weighted by atomic mass is 10.3. The minimum atomic E-state index is -0.627.